The normalized spacial score (nSPS) is 14.3. The molecule has 0 spiro atoms. The van der Waals surface area contributed by atoms with Gasteiger partial charge in [0.1, 0.15) is 12.4 Å². The predicted molar refractivity (Wildman–Crippen MR) is 159 cm³/mol. The molecular formula is C33H35F3N4O2. The zero-order valence-electron chi connectivity index (χ0n) is 23.4. The number of allylic oxidation sites excluding steroid dienone is 1. The first-order valence-corrected chi connectivity index (χ1v) is 14.4. The van der Waals surface area contributed by atoms with E-state index in [1.54, 1.807) is 60.8 Å². The third-order valence-electron chi connectivity index (χ3n) is 7.42. The molecule has 4 aromatic rings. The van der Waals surface area contributed by atoms with Crippen LogP contribution in [0.15, 0.2) is 79.0 Å². The molecule has 0 saturated carbocycles. The van der Waals surface area contributed by atoms with Gasteiger partial charge < -0.3 is 15.0 Å². The molecule has 1 saturated heterocycles. The van der Waals surface area contributed by atoms with Crippen LogP contribution in [0, 0.1) is 0 Å². The lowest BCUT2D eigenvalue weighted by atomic mass is 9.87. The van der Waals surface area contributed by atoms with Crippen LogP contribution in [-0.4, -0.2) is 60.0 Å². The van der Waals surface area contributed by atoms with Crippen molar-refractivity contribution in [3.8, 4) is 5.75 Å². The van der Waals surface area contributed by atoms with Crippen LogP contribution in [0.25, 0.3) is 22.0 Å². The highest BCUT2D eigenvalue weighted by Crippen LogP contribution is 2.40. The summed E-state index contributed by atoms with van der Waals surface area (Å²) in [5, 5.41) is 11.1. The first kappa shape index (κ1) is 29.4. The highest BCUT2D eigenvalue weighted by molar-refractivity contribution is 6.00. The number of aromatic nitrogens is 2. The Kier molecular flexibility index (Phi) is 9.59. The minimum Gasteiger partial charge on any atom is -0.492 e. The standard InChI is InChI=1S/C33H35F3N4O2/c34-33(35,36)22-29(24-7-2-1-3-8-24)32(26-12-15-30-27(21-26)23-38-39-30)25-10-13-28(14-11-25)42-20-17-37-16-6-9-31(41)40-18-4-5-19-40/h1-3,7-8,10-15,21,23,37H,4-6,9,16-20,22H2,(H,38,39)/b32-29+. The number of likely N-dealkylation sites (tertiary alicyclic amines) is 1. The van der Waals surface area contributed by atoms with Gasteiger partial charge in [0.2, 0.25) is 5.91 Å². The Labute approximate surface area is 243 Å². The fourth-order valence-corrected chi connectivity index (χ4v) is 5.36. The maximum atomic E-state index is 13.9. The summed E-state index contributed by atoms with van der Waals surface area (Å²) in [6, 6.07) is 21.4. The number of ether oxygens (including phenoxy) is 1. The summed E-state index contributed by atoms with van der Waals surface area (Å²) in [4.78, 5) is 14.1. The molecule has 1 amide bonds. The van der Waals surface area contributed by atoms with E-state index in [4.69, 9.17) is 4.74 Å². The van der Waals surface area contributed by atoms with Gasteiger partial charge in [-0.15, -0.1) is 0 Å². The third-order valence-corrected chi connectivity index (χ3v) is 7.42. The highest BCUT2D eigenvalue weighted by atomic mass is 19.4. The Hall–Kier alpha value is -4.11. The Bertz CT molecular complexity index is 1490. The van der Waals surface area contributed by atoms with E-state index in [0.29, 0.717) is 47.6 Å². The topological polar surface area (TPSA) is 70.2 Å². The lowest BCUT2D eigenvalue weighted by molar-refractivity contribution is -0.130. The number of alkyl halides is 3. The van der Waals surface area contributed by atoms with Crippen LogP contribution in [0.5, 0.6) is 5.75 Å². The second kappa shape index (κ2) is 13.7. The van der Waals surface area contributed by atoms with Gasteiger partial charge in [-0.05, 0) is 77.9 Å². The minimum absolute atomic E-state index is 0.201. The smallest absolute Gasteiger partial charge is 0.393 e. The second-order valence-electron chi connectivity index (χ2n) is 10.5. The molecule has 0 aliphatic carbocycles. The quantitative estimate of drug-likeness (QED) is 0.143. The molecule has 5 rings (SSSR count). The summed E-state index contributed by atoms with van der Waals surface area (Å²) >= 11 is 0. The number of fused-ring (bicyclic) bond motifs is 1. The monoisotopic (exact) mass is 576 g/mol. The largest absolute Gasteiger partial charge is 0.492 e. The third kappa shape index (κ3) is 7.79. The Balaban J connectivity index is 1.29. The minimum atomic E-state index is -4.40. The van der Waals surface area contributed by atoms with Crippen LogP contribution >= 0.6 is 0 Å². The lowest BCUT2D eigenvalue weighted by Gasteiger charge is -2.19. The van der Waals surface area contributed by atoms with Crippen molar-refractivity contribution in [3.05, 3.63) is 95.7 Å². The van der Waals surface area contributed by atoms with E-state index in [9.17, 15) is 18.0 Å². The predicted octanol–water partition coefficient (Wildman–Crippen LogP) is 6.85. The molecule has 6 nitrogen and oxygen atoms in total. The van der Waals surface area contributed by atoms with Crippen LogP contribution < -0.4 is 10.1 Å². The van der Waals surface area contributed by atoms with Crippen LogP contribution in [0.4, 0.5) is 13.2 Å². The van der Waals surface area contributed by atoms with Gasteiger partial charge in [-0.25, -0.2) is 0 Å². The molecule has 9 heteroatoms. The first-order valence-electron chi connectivity index (χ1n) is 14.4. The molecule has 0 atom stereocenters. The molecule has 220 valence electrons. The van der Waals surface area contributed by atoms with Crippen molar-refractivity contribution >= 4 is 28.0 Å². The summed E-state index contributed by atoms with van der Waals surface area (Å²) < 4.78 is 47.6. The van der Waals surface area contributed by atoms with Crippen LogP contribution in [0.1, 0.15) is 48.8 Å². The number of H-pyrrole nitrogens is 1. The maximum absolute atomic E-state index is 13.9. The fourth-order valence-electron chi connectivity index (χ4n) is 5.36. The Morgan fingerprint density at radius 2 is 1.67 bits per heavy atom. The van der Waals surface area contributed by atoms with E-state index in [1.807, 2.05) is 23.1 Å². The van der Waals surface area contributed by atoms with Crippen molar-refractivity contribution in [2.75, 3.05) is 32.8 Å². The summed E-state index contributed by atoms with van der Waals surface area (Å²) in [6.45, 7) is 3.55. The van der Waals surface area contributed by atoms with Crippen molar-refractivity contribution in [2.45, 2.75) is 38.3 Å². The van der Waals surface area contributed by atoms with Gasteiger partial charge in [0, 0.05) is 31.4 Å². The van der Waals surface area contributed by atoms with Crippen molar-refractivity contribution < 1.29 is 22.7 Å². The number of nitrogens with zero attached hydrogens (tertiary/aromatic N) is 2. The summed E-state index contributed by atoms with van der Waals surface area (Å²) in [6.07, 6.45) is -0.259. The number of carbonyl (C=O) groups is 1. The molecule has 0 unspecified atom stereocenters. The molecule has 2 N–H and O–H groups in total. The molecular weight excluding hydrogens is 541 g/mol. The van der Waals surface area contributed by atoms with E-state index < -0.39 is 12.6 Å². The number of carbonyl (C=O) groups excluding carboxylic acids is 1. The van der Waals surface area contributed by atoms with Crippen molar-refractivity contribution in [3.63, 3.8) is 0 Å². The molecule has 0 radical (unpaired) electrons. The molecule has 1 aliphatic rings. The van der Waals surface area contributed by atoms with Crippen molar-refractivity contribution in [1.29, 1.82) is 0 Å². The average Bonchev–Trinajstić information content (AvgIpc) is 3.69. The molecule has 42 heavy (non-hydrogen) atoms. The number of rotatable bonds is 12. The van der Waals surface area contributed by atoms with Gasteiger partial charge in [-0.2, -0.15) is 18.3 Å². The molecule has 1 aliphatic heterocycles. The van der Waals surface area contributed by atoms with Gasteiger partial charge in [0.15, 0.2) is 0 Å². The van der Waals surface area contributed by atoms with Gasteiger partial charge in [0.25, 0.3) is 0 Å². The first-order chi connectivity index (χ1) is 20.4. The zero-order valence-corrected chi connectivity index (χ0v) is 23.4. The number of nitrogens with one attached hydrogen (secondary N) is 2. The number of amides is 1. The van der Waals surface area contributed by atoms with Crippen molar-refractivity contribution in [1.82, 2.24) is 20.4 Å². The van der Waals surface area contributed by atoms with E-state index in [2.05, 4.69) is 15.5 Å². The number of halogens is 3. The molecule has 1 aromatic heterocycles. The Morgan fingerprint density at radius 1 is 0.929 bits per heavy atom. The number of hydrogen-bond acceptors (Lipinski definition) is 4. The fraction of sp³-hybridized carbons (Fsp3) is 0.333. The van der Waals surface area contributed by atoms with Crippen LogP contribution in [0.2, 0.25) is 0 Å². The number of aromatic amines is 1. The van der Waals surface area contributed by atoms with Gasteiger partial charge in [-0.3, -0.25) is 9.89 Å². The highest BCUT2D eigenvalue weighted by Gasteiger charge is 2.31. The molecule has 3 aromatic carbocycles. The summed E-state index contributed by atoms with van der Waals surface area (Å²) in [5.41, 5.74) is 3.38. The lowest BCUT2D eigenvalue weighted by Crippen LogP contribution is -2.29. The van der Waals surface area contributed by atoms with Gasteiger partial charge in [0.05, 0.1) is 18.1 Å². The van der Waals surface area contributed by atoms with Crippen molar-refractivity contribution in [2.24, 2.45) is 0 Å². The van der Waals surface area contributed by atoms with E-state index in [0.717, 1.165) is 49.8 Å². The Morgan fingerprint density at radius 3 is 2.40 bits per heavy atom. The maximum Gasteiger partial charge on any atom is 0.393 e. The van der Waals surface area contributed by atoms with Gasteiger partial charge in [-0.1, -0.05) is 48.5 Å². The summed E-state index contributed by atoms with van der Waals surface area (Å²) in [7, 11) is 0. The van der Waals surface area contributed by atoms with Gasteiger partial charge >= 0.3 is 6.18 Å². The average molecular weight is 577 g/mol. The number of benzene rings is 3. The van der Waals surface area contributed by atoms with E-state index in [-0.39, 0.29) is 11.5 Å². The molecule has 2 heterocycles. The molecule has 1 fully saturated rings. The van der Waals surface area contributed by atoms with E-state index >= 15 is 0 Å². The second-order valence-corrected chi connectivity index (χ2v) is 10.5. The zero-order chi connectivity index (χ0) is 29.4. The summed E-state index contributed by atoms with van der Waals surface area (Å²) in [5.74, 6) is 0.862. The number of hydrogen-bond donors (Lipinski definition) is 2. The van der Waals surface area contributed by atoms with Crippen LogP contribution in [0.3, 0.4) is 0 Å². The van der Waals surface area contributed by atoms with Crippen LogP contribution in [-0.2, 0) is 4.79 Å². The SMILES string of the molecule is O=C(CCCNCCOc1ccc(/C(=C(/CC(F)(F)F)c2ccccc2)c2ccc3[nH]ncc3c2)cc1)N1CCCC1. The van der Waals surface area contributed by atoms with E-state index in [1.165, 1.54) is 0 Å². The molecule has 0 bridgehead atoms.